The van der Waals surface area contributed by atoms with Crippen LogP contribution < -0.4 is 11.1 Å². The van der Waals surface area contributed by atoms with Gasteiger partial charge in [-0.15, -0.1) is 0 Å². The van der Waals surface area contributed by atoms with Gasteiger partial charge in [-0.3, -0.25) is 0 Å². The summed E-state index contributed by atoms with van der Waals surface area (Å²) in [5.41, 5.74) is 9.88. The molecule has 1 aliphatic rings. The van der Waals surface area contributed by atoms with Gasteiger partial charge in [-0.05, 0) is 43.9 Å². The summed E-state index contributed by atoms with van der Waals surface area (Å²) >= 11 is 0. The Bertz CT molecular complexity index is 337. The molecule has 3 N–H and O–H groups in total. The first kappa shape index (κ1) is 9.53. The summed E-state index contributed by atoms with van der Waals surface area (Å²) in [7, 11) is 0. The number of nitrogens with two attached hydrogens (primary N) is 1. The van der Waals surface area contributed by atoms with E-state index in [4.69, 9.17) is 5.73 Å². The highest BCUT2D eigenvalue weighted by Crippen LogP contribution is 2.30. The lowest BCUT2D eigenvalue weighted by molar-refractivity contribution is 0.545. The van der Waals surface area contributed by atoms with Crippen LogP contribution in [0.2, 0.25) is 0 Å². The zero-order valence-electron chi connectivity index (χ0n) is 8.93. The highest BCUT2D eigenvalue weighted by molar-refractivity contribution is 5.57. The van der Waals surface area contributed by atoms with Crippen LogP contribution in [0.1, 0.15) is 31.4 Å². The van der Waals surface area contributed by atoms with E-state index < -0.39 is 0 Å². The molecular weight excluding hydrogens is 172 g/mol. The highest BCUT2D eigenvalue weighted by atomic mass is 14.9. The zero-order chi connectivity index (χ0) is 10.2. The zero-order valence-corrected chi connectivity index (χ0v) is 8.93. The first-order chi connectivity index (χ1) is 6.59. The maximum Gasteiger partial charge on any atom is 0.0376 e. The van der Waals surface area contributed by atoms with Crippen molar-refractivity contribution in [1.29, 1.82) is 0 Å². The standard InChI is InChI=1S/C12H18N2/c1-12(2,13)10-6-3-7-11-9(10)5-4-8-14-11/h3,6-7,14H,4-5,8,13H2,1-2H3. The Morgan fingerprint density at radius 2 is 2.14 bits per heavy atom. The van der Waals surface area contributed by atoms with Crippen LogP contribution in [0.3, 0.4) is 0 Å². The molecule has 1 aromatic rings. The summed E-state index contributed by atoms with van der Waals surface area (Å²) in [4.78, 5) is 0. The van der Waals surface area contributed by atoms with Gasteiger partial charge in [0.05, 0.1) is 0 Å². The van der Waals surface area contributed by atoms with E-state index in [1.54, 1.807) is 0 Å². The van der Waals surface area contributed by atoms with Crippen LogP contribution in [-0.4, -0.2) is 6.54 Å². The van der Waals surface area contributed by atoms with Crippen molar-refractivity contribution < 1.29 is 0 Å². The molecule has 76 valence electrons. The molecule has 0 radical (unpaired) electrons. The lowest BCUT2D eigenvalue weighted by Crippen LogP contribution is -2.31. The molecule has 0 saturated carbocycles. The van der Waals surface area contributed by atoms with Crippen LogP contribution in [0.4, 0.5) is 5.69 Å². The molecular formula is C12H18N2. The normalized spacial score (nSPS) is 15.9. The van der Waals surface area contributed by atoms with Crippen molar-refractivity contribution in [2.45, 2.75) is 32.2 Å². The molecule has 1 aromatic carbocycles. The van der Waals surface area contributed by atoms with Gasteiger partial charge >= 0.3 is 0 Å². The summed E-state index contributed by atoms with van der Waals surface area (Å²) in [5, 5.41) is 3.42. The molecule has 0 saturated heterocycles. The van der Waals surface area contributed by atoms with E-state index in [-0.39, 0.29) is 5.54 Å². The van der Waals surface area contributed by atoms with Gasteiger partial charge in [-0.25, -0.2) is 0 Å². The molecule has 2 rings (SSSR count). The Labute approximate surface area is 85.5 Å². The molecule has 1 heterocycles. The second kappa shape index (κ2) is 3.28. The Balaban J connectivity index is 2.51. The molecule has 2 heteroatoms. The quantitative estimate of drug-likeness (QED) is 0.712. The smallest absolute Gasteiger partial charge is 0.0376 e. The first-order valence-corrected chi connectivity index (χ1v) is 5.24. The maximum absolute atomic E-state index is 6.15. The van der Waals surface area contributed by atoms with Gasteiger partial charge in [-0.1, -0.05) is 12.1 Å². The number of hydrogen-bond acceptors (Lipinski definition) is 2. The van der Waals surface area contributed by atoms with E-state index in [9.17, 15) is 0 Å². The van der Waals surface area contributed by atoms with Gasteiger partial charge in [0, 0.05) is 17.8 Å². The predicted molar refractivity (Wildman–Crippen MR) is 60.5 cm³/mol. The van der Waals surface area contributed by atoms with Crippen LogP contribution in [-0.2, 0) is 12.0 Å². The van der Waals surface area contributed by atoms with Gasteiger partial charge in [-0.2, -0.15) is 0 Å². The second-order valence-corrected chi connectivity index (χ2v) is 4.58. The number of hydrogen-bond donors (Lipinski definition) is 2. The van der Waals surface area contributed by atoms with Crippen molar-refractivity contribution in [2.24, 2.45) is 5.73 Å². The predicted octanol–water partition coefficient (Wildman–Crippen LogP) is 2.24. The minimum absolute atomic E-state index is 0.232. The third-order valence-electron chi connectivity index (χ3n) is 2.79. The van der Waals surface area contributed by atoms with Gasteiger partial charge in [0.1, 0.15) is 0 Å². The topological polar surface area (TPSA) is 38.0 Å². The van der Waals surface area contributed by atoms with Gasteiger partial charge in [0.25, 0.3) is 0 Å². The van der Waals surface area contributed by atoms with Crippen molar-refractivity contribution in [1.82, 2.24) is 0 Å². The second-order valence-electron chi connectivity index (χ2n) is 4.58. The van der Waals surface area contributed by atoms with Gasteiger partial charge in [0.15, 0.2) is 0 Å². The van der Waals surface area contributed by atoms with Crippen molar-refractivity contribution in [3.05, 3.63) is 29.3 Å². The third kappa shape index (κ3) is 1.62. The van der Waals surface area contributed by atoms with Crippen LogP contribution in [0.25, 0.3) is 0 Å². The first-order valence-electron chi connectivity index (χ1n) is 5.24. The summed E-state index contributed by atoms with van der Waals surface area (Å²) in [6.45, 7) is 5.22. The average molecular weight is 190 g/mol. The molecule has 0 aromatic heterocycles. The van der Waals surface area contributed by atoms with Crippen molar-refractivity contribution in [3.8, 4) is 0 Å². The van der Waals surface area contributed by atoms with Crippen molar-refractivity contribution in [2.75, 3.05) is 11.9 Å². The van der Waals surface area contributed by atoms with E-state index in [0.29, 0.717) is 0 Å². The number of fused-ring (bicyclic) bond motifs is 1. The molecule has 0 unspecified atom stereocenters. The van der Waals surface area contributed by atoms with E-state index in [2.05, 4.69) is 37.4 Å². The minimum Gasteiger partial charge on any atom is -0.385 e. The number of rotatable bonds is 1. The van der Waals surface area contributed by atoms with Crippen LogP contribution in [0, 0.1) is 0 Å². The van der Waals surface area contributed by atoms with Crippen LogP contribution >= 0.6 is 0 Å². The summed E-state index contributed by atoms with van der Waals surface area (Å²) in [6, 6.07) is 6.37. The fourth-order valence-electron chi connectivity index (χ4n) is 2.11. The highest BCUT2D eigenvalue weighted by Gasteiger charge is 2.21. The lowest BCUT2D eigenvalue weighted by Gasteiger charge is -2.27. The van der Waals surface area contributed by atoms with Crippen molar-refractivity contribution in [3.63, 3.8) is 0 Å². The van der Waals surface area contributed by atoms with Gasteiger partial charge in [0.2, 0.25) is 0 Å². The van der Waals surface area contributed by atoms with Crippen molar-refractivity contribution >= 4 is 5.69 Å². The molecule has 0 fully saturated rings. The Morgan fingerprint density at radius 1 is 1.36 bits per heavy atom. The van der Waals surface area contributed by atoms with Crippen LogP contribution in [0.15, 0.2) is 18.2 Å². The molecule has 2 nitrogen and oxygen atoms in total. The summed E-state index contributed by atoms with van der Waals surface area (Å²) in [6.07, 6.45) is 2.36. The summed E-state index contributed by atoms with van der Waals surface area (Å²) < 4.78 is 0. The third-order valence-corrected chi connectivity index (χ3v) is 2.79. The summed E-state index contributed by atoms with van der Waals surface area (Å²) in [5.74, 6) is 0. The Kier molecular flexibility index (Phi) is 2.23. The Hall–Kier alpha value is -1.02. The fourth-order valence-corrected chi connectivity index (χ4v) is 2.11. The SMILES string of the molecule is CC(C)(N)c1cccc2c1CCCN2. The van der Waals surface area contributed by atoms with E-state index >= 15 is 0 Å². The van der Waals surface area contributed by atoms with E-state index in [1.165, 1.54) is 23.2 Å². The van der Waals surface area contributed by atoms with Gasteiger partial charge < -0.3 is 11.1 Å². The average Bonchev–Trinajstić information content (AvgIpc) is 2.15. The molecule has 14 heavy (non-hydrogen) atoms. The lowest BCUT2D eigenvalue weighted by atomic mass is 9.87. The van der Waals surface area contributed by atoms with E-state index in [0.717, 1.165) is 13.0 Å². The number of benzene rings is 1. The molecule has 0 bridgehead atoms. The molecule has 0 spiro atoms. The monoisotopic (exact) mass is 190 g/mol. The Morgan fingerprint density at radius 3 is 2.86 bits per heavy atom. The maximum atomic E-state index is 6.15. The van der Waals surface area contributed by atoms with E-state index in [1.807, 2.05) is 0 Å². The van der Waals surface area contributed by atoms with Crippen LogP contribution in [0.5, 0.6) is 0 Å². The molecule has 1 aliphatic heterocycles. The number of anilines is 1. The molecule has 0 amide bonds. The minimum atomic E-state index is -0.232. The fraction of sp³-hybridized carbons (Fsp3) is 0.500. The molecule has 0 aliphatic carbocycles. The number of nitrogens with one attached hydrogen (secondary N) is 1. The molecule has 0 atom stereocenters. The largest absolute Gasteiger partial charge is 0.385 e.